The van der Waals surface area contributed by atoms with Crippen LogP contribution in [0.15, 0.2) is 24.4 Å². The van der Waals surface area contributed by atoms with Crippen molar-refractivity contribution in [2.24, 2.45) is 5.92 Å². The summed E-state index contributed by atoms with van der Waals surface area (Å²) in [6, 6.07) is 6.05. The number of nitrogens with one attached hydrogen (secondary N) is 2. The van der Waals surface area contributed by atoms with Gasteiger partial charge in [-0.05, 0) is 12.0 Å². The Bertz CT molecular complexity index is 690. The summed E-state index contributed by atoms with van der Waals surface area (Å²) in [5.74, 6) is 0.528. The van der Waals surface area contributed by atoms with Gasteiger partial charge < -0.3 is 10.1 Å². The predicted octanol–water partition coefficient (Wildman–Crippen LogP) is 2.43. The van der Waals surface area contributed by atoms with Crippen LogP contribution in [0, 0.1) is 5.92 Å². The maximum Gasteiger partial charge on any atom is 0.253 e. The molecular weight excluding hydrogens is 316 g/mol. The predicted molar refractivity (Wildman–Crippen MR) is 98.7 cm³/mol. The van der Waals surface area contributed by atoms with Crippen LogP contribution in [-0.4, -0.2) is 59.9 Å². The number of aromatic amines is 1. The number of rotatable bonds is 7. The molecule has 1 amide bonds. The van der Waals surface area contributed by atoms with Gasteiger partial charge in [-0.1, -0.05) is 38.8 Å². The zero-order valence-corrected chi connectivity index (χ0v) is 15.1. The van der Waals surface area contributed by atoms with E-state index in [-0.39, 0.29) is 5.91 Å². The lowest BCUT2D eigenvalue weighted by atomic mass is 9.92. The first-order valence-corrected chi connectivity index (χ1v) is 9.26. The maximum absolute atomic E-state index is 12.7. The van der Waals surface area contributed by atoms with Gasteiger partial charge in [0, 0.05) is 31.1 Å². The Hall–Kier alpha value is -1.92. The average molecular weight is 344 g/mol. The highest BCUT2D eigenvalue weighted by Crippen LogP contribution is 2.20. The Labute approximate surface area is 148 Å². The first kappa shape index (κ1) is 17.9. The number of para-hydroxylation sites is 1. The van der Waals surface area contributed by atoms with E-state index in [9.17, 15) is 4.79 Å². The summed E-state index contributed by atoms with van der Waals surface area (Å²) >= 11 is 0. The number of fused-ring (bicyclic) bond motifs is 1. The second-order valence-electron chi connectivity index (χ2n) is 6.64. The largest absolute Gasteiger partial charge is 0.379 e. The van der Waals surface area contributed by atoms with E-state index in [4.69, 9.17) is 4.74 Å². The summed E-state index contributed by atoms with van der Waals surface area (Å²) in [6.07, 6.45) is 3.97. The highest BCUT2D eigenvalue weighted by molar-refractivity contribution is 6.05. The number of carbonyl (C=O) groups excluding carboxylic acids is 1. The van der Waals surface area contributed by atoms with Crippen molar-refractivity contribution in [3.05, 3.63) is 30.0 Å². The minimum atomic E-state index is -0.0425. The van der Waals surface area contributed by atoms with Gasteiger partial charge in [0.05, 0.1) is 30.5 Å². The van der Waals surface area contributed by atoms with E-state index in [1.165, 1.54) is 0 Å². The van der Waals surface area contributed by atoms with Crippen molar-refractivity contribution < 1.29 is 9.53 Å². The Morgan fingerprint density at radius 2 is 2.08 bits per heavy atom. The molecule has 2 heterocycles. The van der Waals surface area contributed by atoms with Crippen LogP contribution in [-0.2, 0) is 4.74 Å². The van der Waals surface area contributed by atoms with Crippen molar-refractivity contribution in [1.82, 2.24) is 20.4 Å². The fraction of sp³-hybridized carbons (Fsp3) is 0.579. The number of benzene rings is 1. The summed E-state index contributed by atoms with van der Waals surface area (Å²) in [5, 5.41) is 11.1. The standard InChI is InChI=1S/C19H28N4O2/c1-3-14(4-2)17(23-8-10-25-11-9-23)13-20-19(24)16-7-5-6-15-12-21-22-18(15)16/h5-7,12,14,17H,3-4,8-11,13H2,1-2H3,(H,20,24)(H,21,22). The molecule has 25 heavy (non-hydrogen) atoms. The summed E-state index contributed by atoms with van der Waals surface area (Å²) < 4.78 is 5.49. The number of ether oxygens (including phenoxy) is 1. The van der Waals surface area contributed by atoms with Crippen LogP contribution in [0.3, 0.4) is 0 Å². The van der Waals surface area contributed by atoms with Crippen molar-refractivity contribution >= 4 is 16.8 Å². The number of nitrogens with zero attached hydrogens (tertiary/aromatic N) is 2. The second kappa shape index (κ2) is 8.45. The number of aromatic nitrogens is 2. The molecule has 0 radical (unpaired) electrons. The molecule has 1 aliphatic heterocycles. The van der Waals surface area contributed by atoms with E-state index in [1.54, 1.807) is 6.20 Å². The summed E-state index contributed by atoms with van der Waals surface area (Å²) in [5.41, 5.74) is 1.45. The molecule has 0 spiro atoms. The topological polar surface area (TPSA) is 70.2 Å². The Kier molecular flexibility index (Phi) is 6.04. The molecule has 1 aliphatic rings. The van der Waals surface area contributed by atoms with Crippen molar-refractivity contribution in [2.45, 2.75) is 32.7 Å². The van der Waals surface area contributed by atoms with Gasteiger partial charge in [-0.25, -0.2) is 0 Å². The van der Waals surface area contributed by atoms with Crippen LogP contribution in [0.25, 0.3) is 10.9 Å². The molecule has 2 N–H and O–H groups in total. The van der Waals surface area contributed by atoms with Gasteiger partial charge in [0.15, 0.2) is 0 Å². The molecule has 1 aromatic heterocycles. The van der Waals surface area contributed by atoms with Gasteiger partial charge in [-0.2, -0.15) is 5.10 Å². The van der Waals surface area contributed by atoms with E-state index in [1.807, 2.05) is 18.2 Å². The van der Waals surface area contributed by atoms with Gasteiger partial charge in [0.25, 0.3) is 5.91 Å². The van der Waals surface area contributed by atoms with Crippen LogP contribution in [0.1, 0.15) is 37.0 Å². The van der Waals surface area contributed by atoms with Gasteiger partial charge in [0.1, 0.15) is 0 Å². The van der Waals surface area contributed by atoms with Crippen molar-refractivity contribution in [2.75, 3.05) is 32.8 Å². The fourth-order valence-corrected chi connectivity index (χ4v) is 3.79. The van der Waals surface area contributed by atoms with Crippen LogP contribution >= 0.6 is 0 Å². The maximum atomic E-state index is 12.7. The molecule has 6 heteroatoms. The van der Waals surface area contributed by atoms with E-state index in [0.717, 1.165) is 50.0 Å². The van der Waals surface area contributed by atoms with Gasteiger partial charge in [-0.15, -0.1) is 0 Å². The lowest BCUT2D eigenvalue weighted by Gasteiger charge is -2.38. The monoisotopic (exact) mass is 344 g/mol. The Balaban J connectivity index is 1.71. The Morgan fingerprint density at radius 3 is 2.80 bits per heavy atom. The number of hydrogen-bond acceptors (Lipinski definition) is 4. The fourth-order valence-electron chi connectivity index (χ4n) is 3.79. The van der Waals surface area contributed by atoms with Crippen LogP contribution in [0.5, 0.6) is 0 Å². The summed E-state index contributed by atoms with van der Waals surface area (Å²) in [6.45, 7) is 8.55. The lowest BCUT2D eigenvalue weighted by Crippen LogP contribution is -2.52. The molecule has 1 atom stereocenters. The molecule has 1 fully saturated rings. The normalized spacial score (nSPS) is 17.1. The highest BCUT2D eigenvalue weighted by Gasteiger charge is 2.27. The smallest absolute Gasteiger partial charge is 0.253 e. The molecule has 1 aromatic carbocycles. The Morgan fingerprint density at radius 1 is 1.32 bits per heavy atom. The van der Waals surface area contributed by atoms with E-state index in [0.29, 0.717) is 24.1 Å². The average Bonchev–Trinajstić information content (AvgIpc) is 3.14. The second-order valence-corrected chi connectivity index (χ2v) is 6.64. The molecule has 0 saturated carbocycles. The third kappa shape index (κ3) is 4.02. The molecule has 0 bridgehead atoms. The minimum Gasteiger partial charge on any atom is -0.379 e. The molecular formula is C19H28N4O2. The third-order valence-corrected chi connectivity index (χ3v) is 5.30. The lowest BCUT2D eigenvalue weighted by molar-refractivity contribution is 0.00192. The van der Waals surface area contributed by atoms with E-state index < -0.39 is 0 Å². The zero-order valence-electron chi connectivity index (χ0n) is 15.1. The number of morpholine rings is 1. The third-order valence-electron chi connectivity index (χ3n) is 5.30. The van der Waals surface area contributed by atoms with Gasteiger partial charge in [-0.3, -0.25) is 14.8 Å². The number of carbonyl (C=O) groups is 1. The first-order valence-electron chi connectivity index (χ1n) is 9.26. The van der Waals surface area contributed by atoms with E-state index in [2.05, 4.69) is 34.3 Å². The van der Waals surface area contributed by atoms with Crippen LogP contribution < -0.4 is 5.32 Å². The molecule has 3 rings (SSSR count). The molecule has 6 nitrogen and oxygen atoms in total. The quantitative estimate of drug-likeness (QED) is 0.809. The molecule has 0 aliphatic carbocycles. The first-order chi connectivity index (χ1) is 12.2. The molecule has 2 aromatic rings. The minimum absolute atomic E-state index is 0.0425. The van der Waals surface area contributed by atoms with Crippen molar-refractivity contribution in [3.63, 3.8) is 0 Å². The zero-order chi connectivity index (χ0) is 17.6. The number of H-pyrrole nitrogens is 1. The van der Waals surface area contributed by atoms with Crippen molar-refractivity contribution in [3.8, 4) is 0 Å². The summed E-state index contributed by atoms with van der Waals surface area (Å²) in [4.78, 5) is 15.2. The van der Waals surface area contributed by atoms with Gasteiger partial charge in [0.2, 0.25) is 0 Å². The molecule has 1 saturated heterocycles. The highest BCUT2D eigenvalue weighted by atomic mass is 16.5. The molecule has 136 valence electrons. The van der Waals surface area contributed by atoms with Gasteiger partial charge >= 0.3 is 0 Å². The van der Waals surface area contributed by atoms with Crippen molar-refractivity contribution in [1.29, 1.82) is 0 Å². The number of amides is 1. The van der Waals surface area contributed by atoms with Crippen LogP contribution in [0.4, 0.5) is 0 Å². The van der Waals surface area contributed by atoms with E-state index >= 15 is 0 Å². The molecule has 1 unspecified atom stereocenters. The SMILES string of the molecule is CCC(CC)C(CNC(=O)c1cccc2cn[nH]c12)N1CCOCC1. The van der Waals surface area contributed by atoms with Crippen LogP contribution in [0.2, 0.25) is 0 Å². The number of hydrogen-bond donors (Lipinski definition) is 2. The summed E-state index contributed by atoms with van der Waals surface area (Å²) in [7, 11) is 0.